The molecule has 106 valence electrons. The predicted octanol–water partition coefficient (Wildman–Crippen LogP) is 2.83. The number of carboxylic acid groups (broad SMARTS) is 1. The van der Waals surface area contributed by atoms with Gasteiger partial charge in [-0.05, 0) is 39.5 Å². The van der Waals surface area contributed by atoms with Crippen LogP contribution in [0.5, 0.6) is 0 Å². The highest BCUT2D eigenvalue weighted by Crippen LogP contribution is 2.36. The number of benzene rings is 1. The number of piperidine rings is 1. The molecule has 1 fully saturated rings. The van der Waals surface area contributed by atoms with Crippen molar-refractivity contribution >= 4 is 39.4 Å². The number of hydrogen-bond donors (Lipinski definition) is 1. The quantitative estimate of drug-likeness (QED) is 0.840. The minimum absolute atomic E-state index is 0.0952. The lowest BCUT2D eigenvalue weighted by atomic mass is 9.81. The first kappa shape index (κ1) is 14.7. The second-order valence-corrected chi connectivity index (χ2v) is 6.47. The number of hydrogen-bond acceptors (Lipinski definition) is 3. The predicted molar refractivity (Wildman–Crippen MR) is 76.6 cm³/mol. The van der Waals surface area contributed by atoms with Gasteiger partial charge in [0.2, 0.25) is 11.8 Å². The van der Waals surface area contributed by atoms with Crippen molar-refractivity contribution in [1.29, 1.82) is 0 Å². The smallest absolute Gasteiger partial charge is 0.335 e. The third-order valence-corrected chi connectivity index (χ3v) is 3.83. The number of carbonyl (C=O) groups is 3. The van der Waals surface area contributed by atoms with Crippen LogP contribution >= 0.6 is 15.9 Å². The molecule has 0 aliphatic carbocycles. The standard InChI is InChI=1S/C14H14BrNO4/c1-14(2)6-11(17)16(12(18)7-14)10-4-3-8(13(19)20)5-9(10)15/h3-5H,6-7H2,1-2H3,(H,19,20). The number of carboxylic acids is 1. The van der Waals surface area contributed by atoms with Crippen LogP contribution in [-0.2, 0) is 9.59 Å². The van der Waals surface area contributed by atoms with E-state index in [0.717, 1.165) is 4.90 Å². The van der Waals surface area contributed by atoms with Crippen LogP contribution in [0.2, 0.25) is 0 Å². The van der Waals surface area contributed by atoms with Crippen LogP contribution in [0.3, 0.4) is 0 Å². The molecule has 1 aliphatic rings. The van der Waals surface area contributed by atoms with E-state index in [2.05, 4.69) is 15.9 Å². The lowest BCUT2D eigenvalue weighted by Gasteiger charge is -2.35. The summed E-state index contributed by atoms with van der Waals surface area (Å²) in [6, 6.07) is 4.24. The molecule has 0 saturated carbocycles. The maximum Gasteiger partial charge on any atom is 0.335 e. The van der Waals surface area contributed by atoms with Gasteiger partial charge in [-0.15, -0.1) is 0 Å². The average molecular weight is 340 g/mol. The number of imide groups is 1. The van der Waals surface area contributed by atoms with E-state index in [0.29, 0.717) is 10.2 Å². The lowest BCUT2D eigenvalue weighted by molar-refractivity contribution is -0.132. The summed E-state index contributed by atoms with van der Waals surface area (Å²) < 4.78 is 0.416. The van der Waals surface area contributed by atoms with E-state index in [4.69, 9.17) is 5.11 Å². The third-order valence-electron chi connectivity index (χ3n) is 3.19. The molecule has 1 saturated heterocycles. The maximum atomic E-state index is 12.2. The summed E-state index contributed by atoms with van der Waals surface area (Å²) in [4.78, 5) is 36.3. The van der Waals surface area contributed by atoms with Crippen LogP contribution < -0.4 is 4.90 Å². The van der Waals surface area contributed by atoms with Gasteiger partial charge in [0, 0.05) is 17.3 Å². The highest BCUT2D eigenvalue weighted by Gasteiger charge is 2.38. The van der Waals surface area contributed by atoms with E-state index in [1.807, 2.05) is 13.8 Å². The number of aromatic carboxylic acids is 1. The number of amides is 2. The van der Waals surface area contributed by atoms with E-state index < -0.39 is 5.97 Å². The Morgan fingerprint density at radius 2 is 1.80 bits per heavy atom. The Balaban J connectivity index is 2.39. The van der Waals surface area contributed by atoms with Crippen molar-refractivity contribution < 1.29 is 19.5 Å². The number of anilines is 1. The van der Waals surface area contributed by atoms with Crippen LogP contribution in [0, 0.1) is 5.41 Å². The minimum atomic E-state index is -1.06. The van der Waals surface area contributed by atoms with Crippen LogP contribution in [0.4, 0.5) is 5.69 Å². The number of carbonyl (C=O) groups excluding carboxylic acids is 2. The summed E-state index contributed by atoms with van der Waals surface area (Å²) in [5, 5.41) is 8.91. The molecule has 6 heteroatoms. The van der Waals surface area contributed by atoms with Gasteiger partial charge in [0.05, 0.1) is 11.3 Å². The summed E-state index contributed by atoms with van der Waals surface area (Å²) in [5.74, 6) is -1.60. The molecule has 1 aromatic carbocycles. The SMILES string of the molecule is CC1(C)CC(=O)N(c2ccc(C(=O)O)cc2Br)C(=O)C1. The number of nitrogens with zero attached hydrogens (tertiary/aromatic N) is 1. The summed E-state index contributed by atoms with van der Waals surface area (Å²) >= 11 is 3.23. The molecule has 2 amide bonds. The van der Waals surface area contributed by atoms with Crippen LogP contribution in [0.25, 0.3) is 0 Å². The molecule has 0 radical (unpaired) electrons. The van der Waals surface area contributed by atoms with Gasteiger partial charge in [-0.25, -0.2) is 9.69 Å². The van der Waals surface area contributed by atoms with E-state index in [-0.39, 0.29) is 35.6 Å². The number of rotatable bonds is 2. The van der Waals surface area contributed by atoms with Crippen molar-refractivity contribution in [1.82, 2.24) is 0 Å². The normalized spacial score (nSPS) is 18.2. The molecule has 20 heavy (non-hydrogen) atoms. The Labute approximate surface area is 124 Å². The Hall–Kier alpha value is -1.69. The topological polar surface area (TPSA) is 74.7 Å². The van der Waals surface area contributed by atoms with E-state index in [9.17, 15) is 14.4 Å². The van der Waals surface area contributed by atoms with Gasteiger partial charge in [0.1, 0.15) is 0 Å². The molecular weight excluding hydrogens is 326 g/mol. The summed E-state index contributed by atoms with van der Waals surface area (Å²) in [7, 11) is 0. The Kier molecular flexibility index (Phi) is 3.69. The number of halogens is 1. The molecular formula is C14H14BrNO4. The molecule has 0 unspecified atom stereocenters. The fourth-order valence-corrected chi connectivity index (χ4v) is 2.82. The average Bonchev–Trinajstić information content (AvgIpc) is 2.28. The maximum absolute atomic E-state index is 12.2. The third kappa shape index (κ3) is 2.75. The summed E-state index contributed by atoms with van der Waals surface area (Å²) in [6.07, 6.45) is 0.567. The minimum Gasteiger partial charge on any atom is -0.478 e. The monoisotopic (exact) mass is 339 g/mol. The molecule has 5 nitrogen and oxygen atoms in total. The van der Waals surface area contributed by atoms with Gasteiger partial charge in [0.25, 0.3) is 0 Å². The van der Waals surface area contributed by atoms with Crippen molar-refractivity contribution in [2.24, 2.45) is 5.41 Å². The van der Waals surface area contributed by atoms with E-state index >= 15 is 0 Å². The molecule has 0 spiro atoms. The van der Waals surface area contributed by atoms with E-state index in [1.54, 1.807) is 0 Å². The fraction of sp³-hybridized carbons (Fsp3) is 0.357. The Morgan fingerprint density at radius 3 is 2.25 bits per heavy atom. The van der Waals surface area contributed by atoms with Crippen molar-refractivity contribution in [3.8, 4) is 0 Å². The van der Waals surface area contributed by atoms with Crippen LogP contribution in [0.15, 0.2) is 22.7 Å². The zero-order valence-corrected chi connectivity index (χ0v) is 12.7. The van der Waals surface area contributed by atoms with Crippen molar-refractivity contribution in [3.05, 3.63) is 28.2 Å². The van der Waals surface area contributed by atoms with Gasteiger partial charge in [-0.1, -0.05) is 13.8 Å². The highest BCUT2D eigenvalue weighted by atomic mass is 79.9. The zero-order chi connectivity index (χ0) is 15.1. The lowest BCUT2D eigenvalue weighted by Crippen LogP contribution is -2.46. The first-order chi connectivity index (χ1) is 9.21. The molecule has 0 aromatic heterocycles. The second kappa shape index (κ2) is 5.01. The molecule has 2 rings (SSSR count). The van der Waals surface area contributed by atoms with Gasteiger partial charge in [0.15, 0.2) is 0 Å². The van der Waals surface area contributed by atoms with Gasteiger partial charge >= 0.3 is 5.97 Å². The zero-order valence-electron chi connectivity index (χ0n) is 11.1. The molecule has 1 aromatic rings. The van der Waals surface area contributed by atoms with Crippen LogP contribution in [0.1, 0.15) is 37.0 Å². The Bertz CT molecular complexity index is 589. The molecule has 1 N–H and O–H groups in total. The Morgan fingerprint density at radius 1 is 1.25 bits per heavy atom. The largest absolute Gasteiger partial charge is 0.478 e. The van der Waals surface area contributed by atoms with Crippen molar-refractivity contribution in [3.63, 3.8) is 0 Å². The fourth-order valence-electron chi connectivity index (χ4n) is 2.27. The van der Waals surface area contributed by atoms with Crippen molar-refractivity contribution in [2.45, 2.75) is 26.7 Å². The molecule has 0 bridgehead atoms. The highest BCUT2D eigenvalue weighted by molar-refractivity contribution is 9.10. The van der Waals surface area contributed by atoms with Crippen LogP contribution in [-0.4, -0.2) is 22.9 Å². The van der Waals surface area contributed by atoms with Gasteiger partial charge in [-0.3, -0.25) is 9.59 Å². The molecule has 1 aliphatic heterocycles. The first-order valence-electron chi connectivity index (χ1n) is 6.10. The summed E-state index contributed by atoms with van der Waals surface area (Å²) in [6.45, 7) is 3.76. The second-order valence-electron chi connectivity index (χ2n) is 5.61. The molecule has 1 heterocycles. The van der Waals surface area contributed by atoms with Gasteiger partial charge in [-0.2, -0.15) is 0 Å². The van der Waals surface area contributed by atoms with E-state index in [1.165, 1.54) is 18.2 Å². The molecule has 0 atom stereocenters. The van der Waals surface area contributed by atoms with Crippen molar-refractivity contribution in [2.75, 3.05) is 4.90 Å². The first-order valence-corrected chi connectivity index (χ1v) is 6.89. The summed E-state index contributed by atoms with van der Waals surface area (Å²) in [5.41, 5.74) is 0.149. The van der Waals surface area contributed by atoms with Gasteiger partial charge < -0.3 is 5.11 Å².